The van der Waals surface area contributed by atoms with Gasteiger partial charge in [0.25, 0.3) is 0 Å². The normalized spacial score (nSPS) is 16.2. The van der Waals surface area contributed by atoms with E-state index in [0.717, 1.165) is 42.9 Å². The molecule has 2 N–H and O–H groups in total. The van der Waals surface area contributed by atoms with E-state index in [0.29, 0.717) is 5.95 Å². The van der Waals surface area contributed by atoms with Crippen molar-refractivity contribution in [3.05, 3.63) is 0 Å². The Balaban J connectivity index is 2.11. The summed E-state index contributed by atoms with van der Waals surface area (Å²) in [4.78, 5) is 15.8. The maximum absolute atomic E-state index is 9.12. The Morgan fingerprint density at radius 2 is 2.05 bits per heavy atom. The van der Waals surface area contributed by atoms with E-state index in [-0.39, 0.29) is 12.5 Å². The zero-order valence-electron chi connectivity index (χ0n) is 12.9. The minimum Gasteiger partial charge on any atom is -0.396 e. The van der Waals surface area contributed by atoms with Gasteiger partial charge < -0.3 is 15.3 Å². The lowest BCUT2D eigenvalue weighted by atomic mass is 10.2. The van der Waals surface area contributed by atoms with Gasteiger partial charge in [0.2, 0.25) is 11.9 Å². The van der Waals surface area contributed by atoms with Crippen LogP contribution in [0.15, 0.2) is 5.16 Å². The van der Waals surface area contributed by atoms with Crippen molar-refractivity contribution in [3.8, 4) is 0 Å². The zero-order chi connectivity index (χ0) is 15.1. The molecule has 1 unspecified atom stereocenters. The van der Waals surface area contributed by atoms with Crippen molar-refractivity contribution in [3.63, 3.8) is 0 Å². The predicted molar refractivity (Wildman–Crippen MR) is 87.0 cm³/mol. The van der Waals surface area contributed by atoms with Crippen LogP contribution in [0.1, 0.15) is 33.1 Å². The van der Waals surface area contributed by atoms with E-state index in [1.165, 1.54) is 12.8 Å². The molecule has 6 nitrogen and oxygen atoms in total. The molecule has 0 aromatic carbocycles. The van der Waals surface area contributed by atoms with Crippen molar-refractivity contribution in [2.75, 3.05) is 42.2 Å². The van der Waals surface area contributed by atoms with E-state index in [9.17, 15) is 0 Å². The maximum atomic E-state index is 9.12. The van der Waals surface area contributed by atoms with Crippen LogP contribution in [0.5, 0.6) is 0 Å². The molecule has 0 aliphatic carbocycles. The molecular formula is C14H25N5OS. The minimum absolute atomic E-state index is 0.192. The summed E-state index contributed by atoms with van der Waals surface area (Å²) in [5.41, 5.74) is 0. The van der Waals surface area contributed by atoms with Crippen LogP contribution in [0.4, 0.5) is 11.9 Å². The fourth-order valence-electron chi connectivity index (χ4n) is 2.05. The standard InChI is InChI=1S/C14H25N5OS/c1-3-6-15-12-16-13(19-7-4-5-8-19)18-14(17-12)21-10-11(2)9-20/h11,20H,3-10H2,1-2H3,(H,15,16,17,18). The molecule has 21 heavy (non-hydrogen) atoms. The van der Waals surface area contributed by atoms with Crippen molar-refractivity contribution >= 4 is 23.7 Å². The molecule has 118 valence electrons. The highest BCUT2D eigenvalue weighted by Crippen LogP contribution is 2.22. The molecule has 1 aromatic heterocycles. The first-order chi connectivity index (χ1) is 10.2. The number of rotatable bonds is 8. The third-order valence-electron chi connectivity index (χ3n) is 3.33. The molecule has 1 fully saturated rings. The van der Waals surface area contributed by atoms with Gasteiger partial charge >= 0.3 is 0 Å². The van der Waals surface area contributed by atoms with E-state index in [2.05, 4.69) is 32.1 Å². The van der Waals surface area contributed by atoms with Crippen molar-refractivity contribution in [2.45, 2.75) is 38.3 Å². The van der Waals surface area contributed by atoms with Gasteiger partial charge in [-0.25, -0.2) is 0 Å². The quantitative estimate of drug-likeness (QED) is 0.711. The summed E-state index contributed by atoms with van der Waals surface area (Å²) in [5, 5.41) is 13.1. The number of aromatic nitrogens is 3. The summed E-state index contributed by atoms with van der Waals surface area (Å²) >= 11 is 1.58. The van der Waals surface area contributed by atoms with Crippen molar-refractivity contribution in [1.29, 1.82) is 0 Å². The Labute approximate surface area is 130 Å². The second kappa shape index (κ2) is 8.38. The van der Waals surface area contributed by atoms with Crippen molar-refractivity contribution < 1.29 is 5.11 Å². The summed E-state index contributed by atoms with van der Waals surface area (Å²) in [6.45, 7) is 7.24. The first-order valence-electron chi connectivity index (χ1n) is 7.71. The van der Waals surface area contributed by atoms with Gasteiger partial charge in [-0.3, -0.25) is 0 Å². The number of nitrogens with one attached hydrogen (secondary N) is 1. The second-order valence-corrected chi connectivity index (χ2v) is 6.45. The Kier molecular flexibility index (Phi) is 6.50. The smallest absolute Gasteiger partial charge is 0.231 e. The first-order valence-corrected chi connectivity index (χ1v) is 8.70. The fourth-order valence-corrected chi connectivity index (χ4v) is 2.89. The zero-order valence-corrected chi connectivity index (χ0v) is 13.7. The number of aliphatic hydroxyl groups is 1. The number of thioether (sulfide) groups is 1. The van der Waals surface area contributed by atoms with Crippen molar-refractivity contribution in [1.82, 2.24) is 15.0 Å². The third kappa shape index (κ3) is 5.00. The molecular weight excluding hydrogens is 286 g/mol. The van der Waals surface area contributed by atoms with Crippen LogP contribution >= 0.6 is 11.8 Å². The van der Waals surface area contributed by atoms with Crippen LogP contribution in [0, 0.1) is 5.92 Å². The largest absolute Gasteiger partial charge is 0.396 e. The Bertz CT molecular complexity index is 439. The molecule has 1 saturated heterocycles. The lowest BCUT2D eigenvalue weighted by molar-refractivity contribution is 0.250. The lowest BCUT2D eigenvalue weighted by Crippen LogP contribution is -2.22. The van der Waals surface area contributed by atoms with Gasteiger partial charge in [-0.15, -0.1) is 0 Å². The highest BCUT2D eigenvalue weighted by atomic mass is 32.2. The average molecular weight is 311 g/mol. The average Bonchev–Trinajstić information content (AvgIpc) is 3.04. The van der Waals surface area contributed by atoms with Gasteiger partial charge in [-0.2, -0.15) is 15.0 Å². The Morgan fingerprint density at radius 3 is 2.71 bits per heavy atom. The molecule has 2 heterocycles. The van der Waals surface area contributed by atoms with Gasteiger partial charge in [0, 0.05) is 32.0 Å². The molecule has 0 spiro atoms. The van der Waals surface area contributed by atoms with Gasteiger partial charge in [-0.1, -0.05) is 25.6 Å². The molecule has 0 radical (unpaired) electrons. The number of aliphatic hydroxyl groups excluding tert-OH is 1. The van der Waals surface area contributed by atoms with Gasteiger partial charge in [0.15, 0.2) is 5.16 Å². The number of hydrogen-bond donors (Lipinski definition) is 2. The fraction of sp³-hybridized carbons (Fsp3) is 0.786. The molecule has 7 heteroatoms. The van der Waals surface area contributed by atoms with E-state index in [4.69, 9.17) is 5.11 Å². The Morgan fingerprint density at radius 1 is 1.29 bits per heavy atom. The van der Waals surface area contributed by atoms with Crippen LogP contribution in [0.3, 0.4) is 0 Å². The summed E-state index contributed by atoms with van der Waals surface area (Å²) in [6.07, 6.45) is 3.44. The molecule has 0 amide bonds. The predicted octanol–water partition coefficient (Wildman–Crippen LogP) is 2.01. The van der Waals surface area contributed by atoms with Crippen LogP contribution < -0.4 is 10.2 Å². The summed E-state index contributed by atoms with van der Waals surface area (Å²) in [6, 6.07) is 0. The van der Waals surface area contributed by atoms with E-state index in [1.807, 2.05) is 6.92 Å². The van der Waals surface area contributed by atoms with Crippen LogP contribution in [-0.4, -0.2) is 52.1 Å². The van der Waals surface area contributed by atoms with Crippen LogP contribution in [-0.2, 0) is 0 Å². The highest BCUT2D eigenvalue weighted by Gasteiger charge is 2.17. The van der Waals surface area contributed by atoms with Gasteiger partial charge in [0.1, 0.15) is 0 Å². The summed E-state index contributed by atoms with van der Waals surface area (Å²) in [7, 11) is 0. The molecule has 1 atom stereocenters. The van der Waals surface area contributed by atoms with Crippen LogP contribution in [0.25, 0.3) is 0 Å². The van der Waals surface area contributed by atoms with E-state index in [1.54, 1.807) is 11.8 Å². The molecule has 0 saturated carbocycles. The molecule has 2 rings (SSSR count). The monoisotopic (exact) mass is 311 g/mol. The molecule has 0 bridgehead atoms. The minimum atomic E-state index is 0.192. The van der Waals surface area contributed by atoms with Crippen LogP contribution in [0.2, 0.25) is 0 Å². The topological polar surface area (TPSA) is 74.2 Å². The highest BCUT2D eigenvalue weighted by molar-refractivity contribution is 7.99. The maximum Gasteiger partial charge on any atom is 0.231 e. The number of anilines is 2. The van der Waals surface area contributed by atoms with Crippen molar-refractivity contribution in [2.24, 2.45) is 5.92 Å². The molecule has 1 aromatic rings. The molecule has 1 aliphatic heterocycles. The summed E-state index contributed by atoms with van der Waals surface area (Å²) in [5.74, 6) is 2.50. The van der Waals surface area contributed by atoms with E-state index >= 15 is 0 Å². The molecule has 1 aliphatic rings. The van der Waals surface area contributed by atoms with Gasteiger partial charge in [-0.05, 0) is 25.2 Å². The second-order valence-electron chi connectivity index (χ2n) is 5.46. The first kappa shape index (κ1) is 16.3. The Hall–Kier alpha value is -1.08. The lowest BCUT2D eigenvalue weighted by Gasteiger charge is -2.17. The van der Waals surface area contributed by atoms with E-state index < -0.39 is 0 Å². The number of hydrogen-bond acceptors (Lipinski definition) is 7. The number of nitrogens with zero attached hydrogens (tertiary/aromatic N) is 4. The SMILES string of the molecule is CCCNc1nc(SCC(C)CO)nc(N2CCCC2)n1. The van der Waals surface area contributed by atoms with Gasteiger partial charge in [0.05, 0.1) is 0 Å². The third-order valence-corrected chi connectivity index (χ3v) is 4.51. The summed E-state index contributed by atoms with van der Waals surface area (Å²) < 4.78 is 0.